The van der Waals surface area contributed by atoms with E-state index in [1.54, 1.807) is 0 Å². The Bertz CT molecular complexity index is 1170. The molecule has 0 fully saturated rings. The van der Waals surface area contributed by atoms with Gasteiger partial charge < -0.3 is 4.74 Å². The summed E-state index contributed by atoms with van der Waals surface area (Å²) in [5, 5.41) is 0. The number of sulfone groups is 1. The highest BCUT2D eigenvalue weighted by Gasteiger charge is 2.33. The van der Waals surface area contributed by atoms with Gasteiger partial charge in [0.1, 0.15) is 29.1 Å². The molecule has 0 N–H and O–H groups in total. The molecule has 0 saturated carbocycles. The van der Waals surface area contributed by atoms with E-state index in [4.69, 9.17) is 0 Å². The van der Waals surface area contributed by atoms with Crippen LogP contribution in [0.2, 0.25) is 0 Å². The van der Waals surface area contributed by atoms with E-state index >= 15 is 0 Å². The lowest BCUT2D eigenvalue weighted by atomic mass is 10.2. The largest absolute Gasteiger partial charge is 0.465 e. The number of aromatic nitrogens is 4. The van der Waals surface area contributed by atoms with Crippen LogP contribution in [0.3, 0.4) is 0 Å². The summed E-state index contributed by atoms with van der Waals surface area (Å²) in [4.78, 5) is 22.8. The van der Waals surface area contributed by atoms with Crippen LogP contribution < -0.4 is 0 Å². The van der Waals surface area contributed by atoms with Crippen LogP contribution in [0, 0.1) is 0 Å². The molecular weight excluding hydrogens is 401 g/mol. The lowest BCUT2D eigenvalue weighted by Crippen LogP contribution is -2.10. The second-order valence-corrected chi connectivity index (χ2v) is 7.88. The monoisotopic (exact) mass is 414 g/mol. The summed E-state index contributed by atoms with van der Waals surface area (Å²) >= 11 is 0. The second kappa shape index (κ2) is 6.86. The van der Waals surface area contributed by atoms with E-state index < -0.39 is 27.7 Å². The summed E-state index contributed by atoms with van der Waals surface area (Å²) < 4.78 is 69.2. The number of pyridine rings is 1. The molecule has 0 saturated heterocycles. The van der Waals surface area contributed by atoms with E-state index in [1.165, 1.54) is 17.5 Å². The van der Waals surface area contributed by atoms with Gasteiger partial charge in [-0.1, -0.05) is 6.92 Å². The Morgan fingerprint density at radius 3 is 2.57 bits per heavy atom. The highest BCUT2D eigenvalue weighted by Crippen LogP contribution is 2.30. The van der Waals surface area contributed by atoms with Gasteiger partial charge in [-0.25, -0.2) is 23.2 Å². The van der Waals surface area contributed by atoms with Gasteiger partial charge in [-0.05, 0) is 6.07 Å². The van der Waals surface area contributed by atoms with Crippen molar-refractivity contribution in [3.8, 4) is 11.4 Å². The number of imidazole rings is 1. The van der Waals surface area contributed by atoms with Crippen LogP contribution in [0.4, 0.5) is 13.2 Å². The van der Waals surface area contributed by atoms with Gasteiger partial charge in [-0.3, -0.25) is 9.38 Å². The molecule has 3 heterocycles. The fraction of sp³-hybridized carbons (Fsp3) is 0.250. The Morgan fingerprint density at radius 2 is 1.96 bits per heavy atom. The molecule has 28 heavy (non-hydrogen) atoms. The predicted octanol–water partition coefficient (Wildman–Crippen LogP) is 2.39. The van der Waals surface area contributed by atoms with Crippen molar-refractivity contribution in [2.45, 2.75) is 18.0 Å². The number of alkyl halides is 3. The first-order valence-corrected chi connectivity index (χ1v) is 9.45. The Morgan fingerprint density at radius 1 is 1.25 bits per heavy atom. The van der Waals surface area contributed by atoms with E-state index in [0.717, 1.165) is 31.8 Å². The Labute approximate surface area is 156 Å². The van der Waals surface area contributed by atoms with Gasteiger partial charge in [0.25, 0.3) is 0 Å². The van der Waals surface area contributed by atoms with Crippen LogP contribution in [0.1, 0.15) is 23.0 Å². The maximum Gasteiger partial charge on any atom is 0.433 e. The summed E-state index contributed by atoms with van der Waals surface area (Å²) in [5.74, 6) is -1.06. The van der Waals surface area contributed by atoms with Gasteiger partial charge in [-0.2, -0.15) is 13.2 Å². The molecule has 0 aliphatic rings. The average Bonchev–Trinajstić information content (AvgIpc) is 3.09. The van der Waals surface area contributed by atoms with Gasteiger partial charge in [0.05, 0.1) is 23.3 Å². The number of carbonyl (C=O) groups excluding carboxylic acids is 1. The predicted molar refractivity (Wildman–Crippen MR) is 90.3 cm³/mol. The molecule has 0 aliphatic heterocycles. The second-order valence-electron chi connectivity index (χ2n) is 5.63. The zero-order chi connectivity index (χ0) is 20.7. The van der Waals surface area contributed by atoms with E-state index in [1.807, 2.05) is 0 Å². The number of hydrogen-bond donors (Lipinski definition) is 0. The molecule has 0 radical (unpaired) electrons. The first-order valence-electron chi connectivity index (χ1n) is 7.80. The minimum Gasteiger partial charge on any atom is -0.465 e. The maximum atomic E-state index is 12.8. The van der Waals surface area contributed by atoms with Crippen LogP contribution in [0.15, 0.2) is 35.7 Å². The minimum atomic E-state index is -4.65. The molecule has 148 valence electrons. The summed E-state index contributed by atoms with van der Waals surface area (Å²) in [6.07, 6.45) is -1.31. The fourth-order valence-corrected chi connectivity index (χ4v) is 3.49. The lowest BCUT2D eigenvalue weighted by Gasteiger charge is -2.08. The van der Waals surface area contributed by atoms with Crippen LogP contribution in [-0.4, -0.2) is 46.6 Å². The third-order valence-corrected chi connectivity index (χ3v) is 5.61. The normalized spacial score (nSPS) is 12.3. The number of halogens is 3. The molecule has 0 amide bonds. The quantitative estimate of drug-likeness (QED) is 0.604. The zero-order valence-corrected chi connectivity index (χ0v) is 15.4. The molecule has 0 spiro atoms. The average molecular weight is 414 g/mol. The third kappa shape index (κ3) is 3.54. The van der Waals surface area contributed by atoms with E-state index in [9.17, 15) is 26.4 Å². The summed E-state index contributed by atoms with van der Waals surface area (Å²) in [6, 6.07) is 1.84. The molecule has 3 aromatic rings. The number of esters is 1. The van der Waals surface area contributed by atoms with Gasteiger partial charge in [0.2, 0.25) is 0 Å². The standard InChI is InChI=1S/C16H13F3N4O4S/c1-3-28(25,26)11-4-9(15(24)27-2)6-20-14(11)10-7-23-8-21-12(16(17,18)19)5-13(23)22-10/h4-8H,3H2,1-2H3. The Hall–Kier alpha value is -3.02. The SMILES string of the molecule is CCS(=O)(=O)c1cc(C(=O)OC)cnc1-c1cn2cnc(C(F)(F)F)cc2n1. The summed E-state index contributed by atoms with van der Waals surface area (Å²) in [7, 11) is -2.69. The number of methoxy groups -OCH3 is 1. The first kappa shape index (κ1) is 19.7. The molecule has 3 aromatic heterocycles. The number of hydrogen-bond acceptors (Lipinski definition) is 7. The molecule has 0 aromatic carbocycles. The molecule has 3 rings (SSSR count). The number of ether oxygens (including phenoxy) is 1. The first-order chi connectivity index (χ1) is 13.1. The van der Waals surface area contributed by atoms with Crippen molar-refractivity contribution in [3.63, 3.8) is 0 Å². The molecule has 0 atom stereocenters. The molecular formula is C16H13F3N4O4S. The van der Waals surface area contributed by atoms with Crippen molar-refractivity contribution < 1.29 is 31.1 Å². The topological polar surface area (TPSA) is 104 Å². The van der Waals surface area contributed by atoms with Crippen molar-refractivity contribution >= 4 is 21.5 Å². The minimum absolute atomic E-state index is 0.0181. The van der Waals surface area contributed by atoms with Crippen molar-refractivity contribution in [2.75, 3.05) is 12.9 Å². The van der Waals surface area contributed by atoms with E-state index in [0.29, 0.717) is 0 Å². The summed E-state index contributed by atoms with van der Waals surface area (Å²) in [5.41, 5.74) is -1.37. The van der Waals surface area contributed by atoms with Crippen LogP contribution in [0.5, 0.6) is 0 Å². The maximum absolute atomic E-state index is 12.8. The molecule has 0 unspecified atom stereocenters. The van der Waals surface area contributed by atoms with Crippen molar-refractivity contribution in [1.82, 2.24) is 19.4 Å². The van der Waals surface area contributed by atoms with Gasteiger partial charge in [-0.15, -0.1) is 0 Å². The van der Waals surface area contributed by atoms with Gasteiger partial charge >= 0.3 is 12.1 Å². The number of fused-ring (bicyclic) bond motifs is 1. The molecule has 0 aliphatic carbocycles. The van der Waals surface area contributed by atoms with Crippen LogP contribution >= 0.6 is 0 Å². The third-order valence-electron chi connectivity index (χ3n) is 3.87. The highest BCUT2D eigenvalue weighted by atomic mass is 32.2. The zero-order valence-electron chi connectivity index (χ0n) is 14.6. The van der Waals surface area contributed by atoms with Crippen molar-refractivity contribution in [1.29, 1.82) is 0 Å². The van der Waals surface area contributed by atoms with Crippen molar-refractivity contribution in [3.05, 3.63) is 42.1 Å². The fourth-order valence-electron chi connectivity index (χ4n) is 2.42. The smallest absolute Gasteiger partial charge is 0.433 e. The van der Waals surface area contributed by atoms with E-state index in [2.05, 4.69) is 19.7 Å². The number of carbonyl (C=O) groups is 1. The summed E-state index contributed by atoms with van der Waals surface area (Å²) in [6.45, 7) is 1.41. The Balaban J connectivity index is 2.21. The Kier molecular flexibility index (Phi) is 4.83. The molecule has 0 bridgehead atoms. The number of rotatable bonds is 4. The lowest BCUT2D eigenvalue weighted by molar-refractivity contribution is -0.141. The molecule has 8 nitrogen and oxygen atoms in total. The van der Waals surface area contributed by atoms with Gasteiger partial charge in [0.15, 0.2) is 9.84 Å². The highest BCUT2D eigenvalue weighted by molar-refractivity contribution is 7.91. The van der Waals surface area contributed by atoms with Gasteiger partial charge in [0, 0.05) is 18.5 Å². The van der Waals surface area contributed by atoms with Crippen molar-refractivity contribution in [2.24, 2.45) is 0 Å². The molecule has 12 heteroatoms. The van der Waals surface area contributed by atoms with Crippen LogP contribution in [-0.2, 0) is 20.8 Å². The number of nitrogens with zero attached hydrogens (tertiary/aromatic N) is 4. The van der Waals surface area contributed by atoms with Crippen LogP contribution in [0.25, 0.3) is 17.0 Å². The van der Waals surface area contributed by atoms with E-state index in [-0.39, 0.29) is 33.2 Å².